The fourth-order valence-electron chi connectivity index (χ4n) is 2.84. The maximum atomic E-state index is 9.73. The van der Waals surface area contributed by atoms with E-state index in [1.165, 1.54) is 25.7 Å². The number of nitrogens with two attached hydrogens (primary N) is 1. The Morgan fingerprint density at radius 1 is 1.12 bits per heavy atom. The predicted octanol–water partition coefficient (Wildman–Crippen LogP) is 1.34. The van der Waals surface area contributed by atoms with Gasteiger partial charge in [0.2, 0.25) is 0 Å². The number of rotatable bonds is 2. The van der Waals surface area contributed by atoms with Crippen LogP contribution >= 0.6 is 0 Å². The Morgan fingerprint density at radius 2 is 1.82 bits per heavy atom. The van der Waals surface area contributed by atoms with Crippen molar-refractivity contribution in [2.45, 2.75) is 51.0 Å². The van der Waals surface area contributed by atoms with Crippen LogP contribution < -0.4 is 5.73 Å². The second-order valence-electron chi connectivity index (χ2n) is 5.36. The summed E-state index contributed by atoms with van der Waals surface area (Å²) in [4.78, 5) is 6.68. The van der Waals surface area contributed by atoms with E-state index in [0.29, 0.717) is 18.4 Å². The molecule has 2 atom stereocenters. The van der Waals surface area contributed by atoms with Crippen molar-refractivity contribution in [3.63, 3.8) is 0 Å². The van der Waals surface area contributed by atoms with Crippen molar-refractivity contribution in [2.75, 3.05) is 19.6 Å². The van der Waals surface area contributed by atoms with Crippen LogP contribution in [0.2, 0.25) is 0 Å². The molecule has 1 aliphatic heterocycles. The van der Waals surface area contributed by atoms with Crippen molar-refractivity contribution >= 4 is 5.96 Å². The van der Waals surface area contributed by atoms with E-state index in [1.54, 1.807) is 0 Å². The van der Waals surface area contributed by atoms with E-state index in [1.807, 2.05) is 0 Å². The summed E-state index contributed by atoms with van der Waals surface area (Å²) in [7, 11) is 0. The van der Waals surface area contributed by atoms with Gasteiger partial charge in [0, 0.05) is 25.6 Å². The molecular formula is C13H25N3O. The zero-order chi connectivity index (χ0) is 12.1. The van der Waals surface area contributed by atoms with E-state index in [9.17, 15) is 5.11 Å². The zero-order valence-corrected chi connectivity index (χ0v) is 10.6. The number of nitrogens with zero attached hydrogens (tertiary/aromatic N) is 2. The van der Waals surface area contributed by atoms with E-state index >= 15 is 0 Å². The van der Waals surface area contributed by atoms with Crippen LogP contribution in [0.4, 0.5) is 0 Å². The Kier molecular flexibility index (Phi) is 4.66. The van der Waals surface area contributed by atoms with Crippen LogP contribution in [0.1, 0.15) is 44.9 Å². The van der Waals surface area contributed by atoms with Crippen molar-refractivity contribution in [2.24, 2.45) is 16.6 Å². The summed E-state index contributed by atoms with van der Waals surface area (Å²) in [6.07, 6.45) is 8.07. The van der Waals surface area contributed by atoms with Crippen molar-refractivity contribution in [3.05, 3.63) is 0 Å². The highest BCUT2D eigenvalue weighted by Crippen LogP contribution is 2.25. The summed E-state index contributed by atoms with van der Waals surface area (Å²) in [5, 5.41) is 9.73. The van der Waals surface area contributed by atoms with Gasteiger partial charge >= 0.3 is 0 Å². The largest absolute Gasteiger partial charge is 0.393 e. The minimum atomic E-state index is -0.157. The van der Waals surface area contributed by atoms with Crippen LogP contribution in [0.3, 0.4) is 0 Å². The van der Waals surface area contributed by atoms with Crippen LogP contribution in [0.5, 0.6) is 0 Å². The molecule has 2 unspecified atom stereocenters. The van der Waals surface area contributed by atoms with Crippen molar-refractivity contribution in [1.29, 1.82) is 0 Å². The van der Waals surface area contributed by atoms with E-state index in [0.717, 1.165) is 32.4 Å². The lowest BCUT2D eigenvalue weighted by atomic mass is 10.1. The molecule has 0 amide bonds. The van der Waals surface area contributed by atoms with Gasteiger partial charge in [-0.1, -0.05) is 19.3 Å². The topological polar surface area (TPSA) is 61.9 Å². The summed E-state index contributed by atoms with van der Waals surface area (Å²) in [6, 6.07) is 0. The summed E-state index contributed by atoms with van der Waals surface area (Å²) >= 11 is 0. The number of hydrogen-bond acceptors (Lipinski definition) is 2. The van der Waals surface area contributed by atoms with Crippen LogP contribution in [0.25, 0.3) is 0 Å². The molecule has 1 aliphatic carbocycles. The summed E-state index contributed by atoms with van der Waals surface area (Å²) in [5.74, 6) is 1.02. The Bertz CT molecular complexity index is 259. The van der Waals surface area contributed by atoms with Gasteiger partial charge in [0.05, 0.1) is 6.10 Å². The second kappa shape index (κ2) is 6.24. The molecule has 0 spiro atoms. The first-order valence-electron chi connectivity index (χ1n) is 7.00. The summed E-state index contributed by atoms with van der Waals surface area (Å²) in [6.45, 7) is 2.79. The monoisotopic (exact) mass is 239 g/mol. The molecule has 1 heterocycles. The van der Waals surface area contributed by atoms with Gasteiger partial charge in [-0.25, -0.2) is 0 Å². The molecule has 0 bridgehead atoms. The fraction of sp³-hybridized carbons (Fsp3) is 0.923. The summed E-state index contributed by atoms with van der Waals surface area (Å²) < 4.78 is 0. The lowest BCUT2D eigenvalue weighted by molar-refractivity contribution is 0.136. The molecule has 4 nitrogen and oxygen atoms in total. The molecule has 0 aromatic rings. The van der Waals surface area contributed by atoms with Gasteiger partial charge < -0.3 is 15.7 Å². The maximum Gasteiger partial charge on any atom is 0.191 e. The molecule has 0 aromatic carbocycles. The average Bonchev–Trinajstić information content (AvgIpc) is 2.58. The van der Waals surface area contributed by atoms with E-state index < -0.39 is 0 Å². The fourth-order valence-corrected chi connectivity index (χ4v) is 2.84. The predicted molar refractivity (Wildman–Crippen MR) is 69.9 cm³/mol. The first kappa shape index (κ1) is 12.7. The molecule has 2 aliphatic rings. The van der Waals surface area contributed by atoms with Crippen LogP contribution in [0, 0.1) is 5.92 Å². The van der Waals surface area contributed by atoms with Gasteiger partial charge in [0.25, 0.3) is 0 Å². The highest BCUT2D eigenvalue weighted by molar-refractivity contribution is 5.78. The molecule has 4 heteroatoms. The van der Waals surface area contributed by atoms with Gasteiger partial charge in [-0.15, -0.1) is 0 Å². The number of likely N-dealkylation sites (tertiary alicyclic amines) is 1. The van der Waals surface area contributed by atoms with Crippen LogP contribution in [0.15, 0.2) is 4.99 Å². The molecule has 0 aromatic heterocycles. The van der Waals surface area contributed by atoms with Crippen LogP contribution in [-0.4, -0.2) is 41.7 Å². The Labute approximate surface area is 104 Å². The molecule has 17 heavy (non-hydrogen) atoms. The molecule has 2 fully saturated rings. The van der Waals surface area contributed by atoms with E-state index in [4.69, 9.17) is 5.73 Å². The number of hydrogen-bond donors (Lipinski definition) is 2. The van der Waals surface area contributed by atoms with Gasteiger partial charge in [0.15, 0.2) is 5.96 Å². The average molecular weight is 239 g/mol. The number of aliphatic hydroxyl groups excluding tert-OH is 1. The lowest BCUT2D eigenvalue weighted by Crippen LogP contribution is -2.38. The number of aliphatic hydroxyl groups is 1. The van der Waals surface area contributed by atoms with Gasteiger partial charge in [-0.2, -0.15) is 0 Å². The van der Waals surface area contributed by atoms with Gasteiger partial charge in [-0.05, 0) is 25.7 Å². The minimum Gasteiger partial charge on any atom is -0.393 e. The van der Waals surface area contributed by atoms with Gasteiger partial charge in [0.1, 0.15) is 0 Å². The third-order valence-electron chi connectivity index (χ3n) is 4.04. The van der Waals surface area contributed by atoms with Gasteiger partial charge in [-0.3, -0.25) is 4.99 Å². The molecule has 2 rings (SSSR count). The van der Waals surface area contributed by atoms with Crippen molar-refractivity contribution < 1.29 is 5.11 Å². The highest BCUT2D eigenvalue weighted by atomic mass is 16.3. The smallest absolute Gasteiger partial charge is 0.191 e. The molecule has 1 saturated heterocycles. The molecule has 1 saturated carbocycles. The Balaban J connectivity index is 1.82. The lowest BCUT2D eigenvalue weighted by Gasteiger charge is -2.22. The molecule has 98 valence electrons. The van der Waals surface area contributed by atoms with E-state index in [2.05, 4.69) is 9.89 Å². The molecule has 3 N–H and O–H groups in total. The normalized spacial score (nSPS) is 31.6. The molecular weight excluding hydrogens is 214 g/mol. The Morgan fingerprint density at radius 3 is 2.41 bits per heavy atom. The standard InChI is InChI=1S/C13H25N3O/c14-13(16-8-3-1-2-4-9-16)15-10-11-6-5-7-12(11)17/h11-12,17H,1-10H2,(H2,14,15). The summed E-state index contributed by atoms with van der Waals surface area (Å²) in [5.41, 5.74) is 6.04. The second-order valence-corrected chi connectivity index (χ2v) is 5.36. The first-order chi connectivity index (χ1) is 8.27. The SMILES string of the molecule is NC(=NCC1CCCC1O)N1CCCCCC1. The van der Waals surface area contributed by atoms with E-state index in [-0.39, 0.29) is 6.10 Å². The van der Waals surface area contributed by atoms with Crippen molar-refractivity contribution in [3.8, 4) is 0 Å². The number of aliphatic imine (C=N–C) groups is 1. The van der Waals surface area contributed by atoms with Crippen molar-refractivity contribution in [1.82, 2.24) is 4.90 Å². The zero-order valence-electron chi connectivity index (χ0n) is 10.6. The maximum absolute atomic E-state index is 9.73. The molecule has 0 radical (unpaired) electrons. The number of guanidine groups is 1. The Hall–Kier alpha value is -0.770. The minimum absolute atomic E-state index is 0.157. The first-order valence-corrected chi connectivity index (χ1v) is 7.00. The highest BCUT2D eigenvalue weighted by Gasteiger charge is 2.24. The third kappa shape index (κ3) is 3.60. The van der Waals surface area contributed by atoms with Crippen LogP contribution in [-0.2, 0) is 0 Å². The third-order valence-corrected chi connectivity index (χ3v) is 4.04. The quantitative estimate of drug-likeness (QED) is 0.564.